The summed E-state index contributed by atoms with van der Waals surface area (Å²) in [5, 5.41) is 2.53. The quantitative estimate of drug-likeness (QED) is 0.111. The van der Waals surface area contributed by atoms with Gasteiger partial charge in [0, 0.05) is 22.5 Å². The summed E-state index contributed by atoms with van der Waals surface area (Å²) in [5.74, 6) is 0. The van der Waals surface area contributed by atoms with Crippen molar-refractivity contribution in [1.82, 2.24) is 0 Å². The predicted octanol–water partition coefficient (Wildman–Crippen LogP) is 17.6. The fraction of sp³-hybridized carbons (Fsp3) is 0.121. The molecule has 1 nitrogen and oxygen atoms in total. The highest BCUT2D eigenvalue weighted by Gasteiger charge is 2.43. The molecule has 0 heterocycles. The van der Waals surface area contributed by atoms with Crippen LogP contribution in [0.5, 0.6) is 0 Å². The topological polar surface area (TPSA) is 3.24 Å². The number of rotatable bonds is 12. The summed E-state index contributed by atoms with van der Waals surface area (Å²) in [6.45, 7) is 4.76. The fourth-order valence-corrected chi connectivity index (χ4v) is 11.6. The predicted molar refractivity (Wildman–Crippen MR) is 284 cm³/mol. The van der Waals surface area contributed by atoms with E-state index in [4.69, 9.17) is 0 Å². The molecule has 9 aromatic carbocycles. The molecule has 0 amide bonds. The van der Waals surface area contributed by atoms with Crippen molar-refractivity contribution in [2.75, 3.05) is 4.90 Å². The Balaban J connectivity index is 0.925. The minimum atomic E-state index is -0.478. The molecule has 0 atom stereocenters. The number of anilines is 3. The number of fused-ring (bicyclic) bond motifs is 3. The van der Waals surface area contributed by atoms with Gasteiger partial charge in [-0.05, 0) is 140 Å². The second-order valence-electron chi connectivity index (χ2n) is 18.1. The molecule has 2 aliphatic carbocycles. The first-order valence-electron chi connectivity index (χ1n) is 24.1. The van der Waals surface area contributed by atoms with Gasteiger partial charge in [-0.25, -0.2) is 0 Å². The molecule has 0 aromatic heterocycles. The Hall–Kier alpha value is -7.74. The highest BCUT2D eigenvalue weighted by atomic mass is 15.1. The van der Waals surface area contributed by atoms with Crippen molar-refractivity contribution in [3.63, 3.8) is 0 Å². The van der Waals surface area contributed by atoms with Gasteiger partial charge in [-0.1, -0.05) is 226 Å². The molecular weight excluding hydrogens is 807 g/mol. The molecule has 11 rings (SSSR count). The highest BCUT2D eigenvalue weighted by Crippen LogP contribution is 2.56. The van der Waals surface area contributed by atoms with E-state index in [1.807, 2.05) is 0 Å². The molecule has 0 fully saturated rings. The van der Waals surface area contributed by atoms with Crippen molar-refractivity contribution in [3.8, 4) is 11.1 Å². The van der Waals surface area contributed by atoms with Crippen LogP contribution < -0.4 is 4.90 Å². The van der Waals surface area contributed by atoms with E-state index in [1.54, 1.807) is 0 Å². The largest absolute Gasteiger partial charge is 0.310 e. The van der Waals surface area contributed by atoms with Crippen LogP contribution in [0.15, 0.2) is 254 Å². The summed E-state index contributed by atoms with van der Waals surface area (Å²) in [4.78, 5) is 2.40. The van der Waals surface area contributed by atoms with Crippen LogP contribution in [0.25, 0.3) is 33.5 Å². The van der Waals surface area contributed by atoms with E-state index in [2.05, 4.69) is 267 Å². The first-order chi connectivity index (χ1) is 33.1. The summed E-state index contributed by atoms with van der Waals surface area (Å²) in [7, 11) is 0. The van der Waals surface area contributed by atoms with E-state index in [9.17, 15) is 0 Å². The zero-order valence-corrected chi connectivity index (χ0v) is 38.4. The van der Waals surface area contributed by atoms with Crippen LogP contribution in [0.1, 0.15) is 78.5 Å². The minimum absolute atomic E-state index is 0.0356. The minimum Gasteiger partial charge on any atom is -0.310 e. The van der Waals surface area contributed by atoms with E-state index >= 15 is 0 Å². The molecule has 0 aliphatic heterocycles. The van der Waals surface area contributed by atoms with E-state index in [0.717, 1.165) is 25.7 Å². The first-order valence-corrected chi connectivity index (χ1v) is 24.1. The van der Waals surface area contributed by atoms with Crippen molar-refractivity contribution in [3.05, 3.63) is 293 Å². The number of para-hydroxylation sites is 2. The van der Waals surface area contributed by atoms with Gasteiger partial charge in [-0.3, -0.25) is 0 Å². The lowest BCUT2D eigenvalue weighted by molar-refractivity contribution is 0.485. The Morgan fingerprint density at radius 2 is 0.940 bits per heavy atom. The summed E-state index contributed by atoms with van der Waals surface area (Å²) in [6.07, 6.45) is 11.5. The third-order valence-electron chi connectivity index (χ3n) is 14.9. The van der Waals surface area contributed by atoms with Crippen molar-refractivity contribution in [2.45, 2.75) is 50.4 Å². The lowest BCUT2D eigenvalue weighted by Gasteiger charge is -2.37. The van der Waals surface area contributed by atoms with Gasteiger partial charge in [-0.2, -0.15) is 0 Å². The van der Waals surface area contributed by atoms with Crippen molar-refractivity contribution >= 4 is 39.5 Å². The smallest absolute Gasteiger partial charge is 0.0701 e. The Morgan fingerprint density at radius 1 is 0.448 bits per heavy atom. The summed E-state index contributed by atoms with van der Waals surface area (Å²) in [5.41, 5.74) is 19.1. The summed E-state index contributed by atoms with van der Waals surface area (Å²) in [6, 6.07) is 84.6. The van der Waals surface area contributed by atoms with E-state index < -0.39 is 5.41 Å². The number of allylic oxidation sites excluding steroid dienone is 5. The third-order valence-corrected chi connectivity index (χ3v) is 14.9. The van der Waals surface area contributed by atoms with Crippen molar-refractivity contribution in [2.24, 2.45) is 0 Å². The van der Waals surface area contributed by atoms with Crippen LogP contribution in [0, 0.1) is 0 Å². The zero-order valence-electron chi connectivity index (χ0n) is 38.4. The van der Waals surface area contributed by atoms with Crippen LogP contribution in [0.2, 0.25) is 0 Å². The average molecular weight is 862 g/mol. The number of benzene rings is 9. The Kier molecular flexibility index (Phi) is 11.2. The maximum Gasteiger partial charge on any atom is 0.0701 e. The lowest BCUT2D eigenvalue weighted by Crippen LogP contribution is -2.30. The monoisotopic (exact) mass is 861 g/mol. The molecule has 0 N–H and O–H groups in total. The molecule has 2 aliphatic rings. The second-order valence-corrected chi connectivity index (χ2v) is 18.1. The molecule has 0 unspecified atom stereocenters. The highest BCUT2D eigenvalue weighted by molar-refractivity contribution is 6.01. The lowest BCUT2D eigenvalue weighted by atomic mass is 9.65. The molecule has 0 saturated carbocycles. The number of hydrogen-bond donors (Lipinski definition) is 0. The maximum absolute atomic E-state index is 2.55. The van der Waals surface area contributed by atoms with Crippen LogP contribution in [0.3, 0.4) is 0 Å². The van der Waals surface area contributed by atoms with Crippen molar-refractivity contribution < 1.29 is 0 Å². The van der Waals surface area contributed by atoms with E-state index in [1.165, 1.54) is 94.6 Å². The Morgan fingerprint density at radius 3 is 1.49 bits per heavy atom. The molecule has 324 valence electrons. The fourth-order valence-electron chi connectivity index (χ4n) is 11.6. The Bertz CT molecular complexity index is 3130. The normalized spacial score (nSPS) is 14.2. The van der Waals surface area contributed by atoms with Gasteiger partial charge in [-0.15, -0.1) is 0 Å². The van der Waals surface area contributed by atoms with Gasteiger partial charge in [0.05, 0.1) is 5.41 Å². The van der Waals surface area contributed by atoms with Gasteiger partial charge < -0.3 is 4.90 Å². The number of nitrogens with zero attached hydrogens (tertiary/aromatic N) is 1. The molecule has 0 saturated heterocycles. The molecule has 9 aromatic rings. The standard InChI is InChI=1S/C66H55N/c1-3-65(4-2)63-46-48(35-43-61(63)62-45-42-57(47-64(62)65)67(55-28-16-8-17-29-55)56-30-18-9-19-31-56)34-36-49-39-44-59(60-33-21-20-32-58(49)60)50-37-40-54(41-38-50)66(51-22-10-5-11-23-51,52-24-12-6-13-25-52)53-26-14-7-15-27-53/h5-34,36-42,44-47H,3-4,35,43H2,1-2H3/b36-34+. The molecule has 0 radical (unpaired) electrons. The van der Waals surface area contributed by atoms with Gasteiger partial charge >= 0.3 is 0 Å². The summed E-state index contributed by atoms with van der Waals surface area (Å²) >= 11 is 0. The second kappa shape index (κ2) is 17.9. The van der Waals surface area contributed by atoms with Gasteiger partial charge in [0.2, 0.25) is 0 Å². The van der Waals surface area contributed by atoms with Crippen LogP contribution in [-0.4, -0.2) is 0 Å². The van der Waals surface area contributed by atoms with E-state index in [-0.39, 0.29) is 5.41 Å². The number of hydrogen-bond acceptors (Lipinski definition) is 1. The van der Waals surface area contributed by atoms with E-state index in [0.29, 0.717) is 0 Å². The Labute approximate surface area is 396 Å². The zero-order chi connectivity index (χ0) is 45.2. The molecule has 67 heavy (non-hydrogen) atoms. The maximum atomic E-state index is 2.55. The van der Waals surface area contributed by atoms with Crippen molar-refractivity contribution in [1.29, 1.82) is 0 Å². The third kappa shape index (κ3) is 7.27. The molecule has 0 spiro atoms. The summed E-state index contributed by atoms with van der Waals surface area (Å²) < 4.78 is 0. The van der Waals surface area contributed by atoms with Crippen LogP contribution in [0.4, 0.5) is 17.1 Å². The molecular formula is C66H55N. The van der Waals surface area contributed by atoms with Gasteiger partial charge in [0.1, 0.15) is 0 Å². The SMILES string of the molecule is CCC1(CC)C2=C(CCC(/C=C/c3ccc(-c4ccc(C(c5ccccc5)(c5ccccc5)c5ccccc5)cc4)c4ccccc34)=C2)c2ccc(N(c3ccccc3)c3ccccc3)cc21. The molecule has 0 bridgehead atoms. The van der Waals surface area contributed by atoms with Gasteiger partial charge in [0.25, 0.3) is 0 Å². The van der Waals surface area contributed by atoms with Gasteiger partial charge in [0.15, 0.2) is 0 Å². The molecule has 1 heteroatoms. The van der Waals surface area contributed by atoms with Crippen LogP contribution in [-0.2, 0) is 10.8 Å². The average Bonchev–Trinajstić information content (AvgIpc) is 3.68. The first kappa shape index (κ1) is 41.9. The van der Waals surface area contributed by atoms with Crippen LogP contribution >= 0.6 is 0 Å².